The molecule has 2 heterocycles. The van der Waals surface area contributed by atoms with Crippen LogP contribution in [0.1, 0.15) is 36.0 Å². The SMILES string of the molecule is CCOc1ccc(NC(=O)CCc2c(C)nn(-c3nc(C)cc(=O)[nH]3)c2C)cc1. The molecular formula is C21H25N5O3. The zero-order chi connectivity index (χ0) is 21.0. The molecule has 0 spiro atoms. The van der Waals surface area contributed by atoms with Crippen LogP contribution in [0.2, 0.25) is 0 Å². The van der Waals surface area contributed by atoms with E-state index < -0.39 is 0 Å². The standard InChI is InChI=1S/C21H25N5O3/c1-5-29-17-8-6-16(7-9-17)23-19(27)11-10-18-14(3)25-26(15(18)4)21-22-13(2)12-20(28)24-21/h6-9,12H,5,10-11H2,1-4H3,(H,23,27)(H,22,24,28). The van der Waals surface area contributed by atoms with Crippen LogP contribution in [0.5, 0.6) is 5.75 Å². The van der Waals surface area contributed by atoms with Gasteiger partial charge >= 0.3 is 0 Å². The molecule has 0 aliphatic rings. The maximum absolute atomic E-state index is 12.4. The molecule has 2 aromatic heterocycles. The third-order valence-corrected chi connectivity index (χ3v) is 4.55. The van der Waals surface area contributed by atoms with Crippen LogP contribution in [0.25, 0.3) is 5.95 Å². The van der Waals surface area contributed by atoms with Gasteiger partial charge in [-0.15, -0.1) is 0 Å². The number of nitrogens with zero attached hydrogens (tertiary/aromatic N) is 3. The Hall–Kier alpha value is -3.42. The van der Waals surface area contributed by atoms with Gasteiger partial charge in [0.25, 0.3) is 5.56 Å². The number of hydrogen-bond donors (Lipinski definition) is 2. The van der Waals surface area contributed by atoms with E-state index in [9.17, 15) is 9.59 Å². The lowest BCUT2D eigenvalue weighted by Crippen LogP contribution is -2.15. The highest BCUT2D eigenvalue weighted by Crippen LogP contribution is 2.19. The van der Waals surface area contributed by atoms with Gasteiger partial charge in [0, 0.05) is 29.6 Å². The number of aromatic nitrogens is 4. The topological polar surface area (TPSA) is 102 Å². The van der Waals surface area contributed by atoms with Gasteiger partial charge in [-0.25, -0.2) is 9.67 Å². The molecule has 1 amide bonds. The van der Waals surface area contributed by atoms with Crippen LogP contribution in [0.15, 0.2) is 35.1 Å². The van der Waals surface area contributed by atoms with Gasteiger partial charge in [-0.3, -0.25) is 14.6 Å². The molecule has 3 aromatic rings. The van der Waals surface area contributed by atoms with Crippen molar-refractivity contribution < 1.29 is 9.53 Å². The first-order chi connectivity index (χ1) is 13.9. The summed E-state index contributed by atoms with van der Waals surface area (Å²) in [5.74, 6) is 1.07. The minimum absolute atomic E-state index is 0.0807. The van der Waals surface area contributed by atoms with Crippen molar-refractivity contribution >= 4 is 11.6 Å². The quantitative estimate of drug-likeness (QED) is 0.640. The molecule has 0 aliphatic carbocycles. The number of aryl methyl sites for hydroxylation is 2. The first-order valence-electron chi connectivity index (χ1n) is 9.53. The van der Waals surface area contributed by atoms with Gasteiger partial charge in [0.05, 0.1) is 12.3 Å². The molecule has 8 nitrogen and oxygen atoms in total. The van der Waals surface area contributed by atoms with Crippen LogP contribution >= 0.6 is 0 Å². The van der Waals surface area contributed by atoms with Gasteiger partial charge in [0.15, 0.2) is 0 Å². The smallest absolute Gasteiger partial charge is 0.252 e. The second-order valence-corrected chi connectivity index (χ2v) is 6.78. The average molecular weight is 395 g/mol. The second kappa shape index (κ2) is 8.72. The summed E-state index contributed by atoms with van der Waals surface area (Å²) in [6.45, 7) is 8.08. The maximum atomic E-state index is 12.4. The Morgan fingerprint density at radius 1 is 1.21 bits per heavy atom. The van der Waals surface area contributed by atoms with E-state index in [-0.39, 0.29) is 11.5 Å². The summed E-state index contributed by atoms with van der Waals surface area (Å²) in [5.41, 5.74) is 3.75. The number of amides is 1. The highest BCUT2D eigenvalue weighted by molar-refractivity contribution is 5.90. The van der Waals surface area contributed by atoms with Crippen LogP contribution in [0.4, 0.5) is 5.69 Å². The summed E-state index contributed by atoms with van der Waals surface area (Å²) < 4.78 is 7.02. The van der Waals surface area contributed by atoms with E-state index in [0.29, 0.717) is 31.1 Å². The summed E-state index contributed by atoms with van der Waals surface area (Å²) in [6, 6.07) is 8.72. The number of aromatic amines is 1. The van der Waals surface area contributed by atoms with Crippen molar-refractivity contribution in [2.24, 2.45) is 0 Å². The van der Waals surface area contributed by atoms with Crippen LogP contribution in [0.3, 0.4) is 0 Å². The van der Waals surface area contributed by atoms with Crippen LogP contribution in [0, 0.1) is 20.8 Å². The number of benzene rings is 1. The van der Waals surface area contributed by atoms with E-state index in [2.05, 4.69) is 20.4 Å². The van der Waals surface area contributed by atoms with Crippen molar-refractivity contribution in [3.63, 3.8) is 0 Å². The minimum Gasteiger partial charge on any atom is -0.494 e. The van der Waals surface area contributed by atoms with Gasteiger partial charge in [-0.2, -0.15) is 5.10 Å². The predicted octanol–water partition coefficient (Wildman–Crippen LogP) is 2.85. The molecule has 0 saturated heterocycles. The van der Waals surface area contributed by atoms with Crippen molar-refractivity contribution in [3.05, 3.63) is 63.3 Å². The first kappa shape index (κ1) is 20.3. The summed E-state index contributed by atoms with van der Waals surface area (Å²) in [6.07, 6.45) is 0.856. The molecule has 0 saturated carbocycles. The van der Waals surface area contributed by atoms with Gasteiger partial charge < -0.3 is 10.1 Å². The van der Waals surface area contributed by atoms with E-state index in [4.69, 9.17) is 4.74 Å². The van der Waals surface area contributed by atoms with E-state index >= 15 is 0 Å². The normalized spacial score (nSPS) is 10.8. The highest BCUT2D eigenvalue weighted by atomic mass is 16.5. The van der Waals surface area contributed by atoms with E-state index in [1.807, 2.05) is 45.0 Å². The third-order valence-electron chi connectivity index (χ3n) is 4.55. The van der Waals surface area contributed by atoms with Gasteiger partial charge in [-0.05, 0) is 63.9 Å². The van der Waals surface area contributed by atoms with Crippen LogP contribution in [-0.4, -0.2) is 32.3 Å². The molecule has 0 bridgehead atoms. The molecular weight excluding hydrogens is 370 g/mol. The van der Waals surface area contributed by atoms with Crippen molar-refractivity contribution in [2.45, 2.75) is 40.5 Å². The molecule has 29 heavy (non-hydrogen) atoms. The molecule has 0 radical (unpaired) electrons. The number of ether oxygens (including phenoxy) is 1. The molecule has 0 fully saturated rings. The fraction of sp³-hybridized carbons (Fsp3) is 0.333. The lowest BCUT2D eigenvalue weighted by molar-refractivity contribution is -0.116. The summed E-state index contributed by atoms with van der Waals surface area (Å²) >= 11 is 0. The van der Waals surface area contributed by atoms with E-state index in [1.54, 1.807) is 11.6 Å². The summed E-state index contributed by atoms with van der Waals surface area (Å²) in [5, 5.41) is 7.38. The molecule has 2 N–H and O–H groups in total. The monoisotopic (exact) mass is 395 g/mol. The van der Waals surface area contributed by atoms with Gasteiger partial charge in [-0.1, -0.05) is 0 Å². The molecule has 0 atom stereocenters. The van der Waals surface area contributed by atoms with Crippen molar-refractivity contribution in [3.8, 4) is 11.7 Å². The Kier molecular flexibility index (Phi) is 6.11. The molecule has 8 heteroatoms. The Bertz CT molecular complexity index is 1070. The molecule has 1 aromatic carbocycles. The number of hydrogen-bond acceptors (Lipinski definition) is 5. The Balaban J connectivity index is 1.68. The fourth-order valence-corrected chi connectivity index (χ4v) is 3.17. The largest absolute Gasteiger partial charge is 0.494 e. The number of rotatable bonds is 7. The zero-order valence-corrected chi connectivity index (χ0v) is 17.1. The minimum atomic E-state index is -0.226. The van der Waals surface area contributed by atoms with E-state index in [1.165, 1.54) is 6.07 Å². The van der Waals surface area contributed by atoms with Crippen LogP contribution < -0.4 is 15.6 Å². The van der Waals surface area contributed by atoms with Crippen LogP contribution in [-0.2, 0) is 11.2 Å². The highest BCUT2D eigenvalue weighted by Gasteiger charge is 2.16. The lowest BCUT2D eigenvalue weighted by Gasteiger charge is -2.08. The second-order valence-electron chi connectivity index (χ2n) is 6.78. The van der Waals surface area contributed by atoms with Crippen molar-refractivity contribution in [1.29, 1.82) is 0 Å². The summed E-state index contributed by atoms with van der Waals surface area (Å²) in [4.78, 5) is 31.1. The number of carbonyl (C=O) groups is 1. The predicted molar refractivity (Wildman–Crippen MR) is 111 cm³/mol. The maximum Gasteiger partial charge on any atom is 0.252 e. The number of anilines is 1. The van der Waals surface area contributed by atoms with E-state index in [0.717, 1.165) is 28.4 Å². The van der Waals surface area contributed by atoms with Crippen molar-refractivity contribution in [2.75, 3.05) is 11.9 Å². The zero-order valence-electron chi connectivity index (χ0n) is 17.1. The Morgan fingerprint density at radius 2 is 1.93 bits per heavy atom. The van der Waals surface area contributed by atoms with Gasteiger partial charge in [0.1, 0.15) is 5.75 Å². The lowest BCUT2D eigenvalue weighted by atomic mass is 10.1. The first-order valence-corrected chi connectivity index (χ1v) is 9.53. The Labute approximate surface area is 168 Å². The molecule has 0 unspecified atom stereocenters. The fourth-order valence-electron chi connectivity index (χ4n) is 3.17. The molecule has 3 rings (SSSR count). The van der Waals surface area contributed by atoms with Crippen molar-refractivity contribution in [1.82, 2.24) is 19.7 Å². The summed E-state index contributed by atoms with van der Waals surface area (Å²) in [7, 11) is 0. The number of H-pyrrole nitrogens is 1. The number of nitrogens with one attached hydrogen (secondary N) is 2. The third kappa shape index (κ3) is 4.90. The average Bonchev–Trinajstić information content (AvgIpc) is 2.95. The number of carbonyl (C=O) groups excluding carboxylic acids is 1. The van der Waals surface area contributed by atoms with Gasteiger partial charge in [0.2, 0.25) is 11.9 Å². The molecule has 0 aliphatic heterocycles. The molecule has 152 valence electrons. The Morgan fingerprint density at radius 3 is 2.59 bits per heavy atom.